The van der Waals surface area contributed by atoms with Gasteiger partial charge in [-0.15, -0.1) is 0 Å². The van der Waals surface area contributed by atoms with Gasteiger partial charge in [0.1, 0.15) is 5.58 Å². The molecule has 1 aromatic heterocycles. The van der Waals surface area contributed by atoms with Gasteiger partial charge in [0.05, 0.1) is 0 Å². The summed E-state index contributed by atoms with van der Waals surface area (Å²) < 4.78 is 5.82. The van der Waals surface area contributed by atoms with Crippen molar-refractivity contribution in [3.8, 4) is 0 Å². The maximum absolute atomic E-state index is 12.9. The SMILES string of the molecule is Cc1c(C(=O)N2CCN(c3cccc(Cl)c3)CC2)oc2ccccc12. The van der Waals surface area contributed by atoms with Crippen molar-refractivity contribution in [2.24, 2.45) is 0 Å². The van der Waals surface area contributed by atoms with Crippen LogP contribution < -0.4 is 4.90 Å². The smallest absolute Gasteiger partial charge is 0.290 e. The second kappa shape index (κ2) is 6.45. The van der Waals surface area contributed by atoms with Gasteiger partial charge in [0.25, 0.3) is 5.91 Å². The first-order valence-electron chi connectivity index (χ1n) is 8.41. The van der Waals surface area contributed by atoms with Gasteiger partial charge in [0, 0.05) is 47.8 Å². The number of halogens is 1. The predicted molar refractivity (Wildman–Crippen MR) is 101 cm³/mol. The topological polar surface area (TPSA) is 36.7 Å². The summed E-state index contributed by atoms with van der Waals surface area (Å²) in [6.45, 7) is 4.85. The maximum Gasteiger partial charge on any atom is 0.290 e. The summed E-state index contributed by atoms with van der Waals surface area (Å²) in [5.74, 6) is 0.428. The Morgan fingerprint density at radius 3 is 2.52 bits per heavy atom. The number of benzene rings is 2. The fourth-order valence-electron chi connectivity index (χ4n) is 3.36. The second-order valence-electron chi connectivity index (χ2n) is 6.31. The van der Waals surface area contributed by atoms with Crippen LogP contribution in [0.25, 0.3) is 11.0 Å². The van der Waals surface area contributed by atoms with E-state index in [-0.39, 0.29) is 5.91 Å². The van der Waals surface area contributed by atoms with Gasteiger partial charge in [-0.05, 0) is 31.2 Å². The molecular weight excluding hydrogens is 336 g/mol. The first-order valence-corrected chi connectivity index (χ1v) is 8.79. The number of nitrogens with zero attached hydrogens (tertiary/aromatic N) is 2. The van der Waals surface area contributed by atoms with Crippen LogP contribution in [-0.2, 0) is 0 Å². The second-order valence-corrected chi connectivity index (χ2v) is 6.75. The third-order valence-corrected chi connectivity index (χ3v) is 5.01. The molecule has 0 saturated carbocycles. The van der Waals surface area contributed by atoms with Crippen LogP contribution in [-0.4, -0.2) is 37.0 Å². The van der Waals surface area contributed by atoms with Crippen LogP contribution in [0.15, 0.2) is 52.9 Å². The van der Waals surface area contributed by atoms with Crippen molar-refractivity contribution < 1.29 is 9.21 Å². The van der Waals surface area contributed by atoms with Crippen molar-refractivity contribution in [2.45, 2.75) is 6.92 Å². The van der Waals surface area contributed by atoms with Crippen molar-refractivity contribution in [2.75, 3.05) is 31.1 Å². The number of carbonyl (C=O) groups excluding carboxylic acids is 1. The van der Waals surface area contributed by atoms with Crippen LogP contribution >= 0.6 is 11.6 Å². The van der Waals surface area contributed by atoms with Crippen molar-refractivity contribution in [3.63, 3.8) is 0 Å². The number of para-hydroxylation sites is 1. The number of amides is 1. The van der Waals surface area contributed by atoms with Crippen LogP contribution in [0.4, 0.5) is 5.69 Å². The number of furan rings is 1. The zero-order valence-electron chi connectivity index (χ0n) is 14.0. The molecule has 0 atom stereocenters. The number of hydrogen-bond acceptors (Lipinski definition) is 3. The average molecular weight is 355 g/mol. The van der Waals surface area contributed by atoms with Gasteiger partial charge in [-0.2, -0.15) is 0 Å². The molecule has 0 bridgehead atoms. The molecule has 1 fully saturated rings. The van der Waals surface area contributed by atoms with E-state index in [0.29, 0.717) is 18.8 Å². The van der Waals surface area contributed by atoms with E-state index in [1.165, 1.54) is 0 Å². The molecule has 0 aliphatic carbocycles. The molecular formula is C20H19ClN2O2. The Hall–Kier alpha value is -2.46. The van der Waals surface area contributed by atoms with Crippen LogP contribution in [0.2, 0.25) is 5.02 Å². The fraction of sp³-hybridized carbons (Fsp3) is 0.250. The van der Waals surface area contributed by atoms with Crippen molar-refractivity contribution in [3.05, 3.63) is 64.9 Å². The molecule has 2 aromatic carbocycles. The van der Waals surface area contributed by atoms with Gasteiger partial charge in [-0.3, -0.25) is 4.79 Å². The molecule has 0 spiro atoms. The number of rotatable bonds is 2. The van der Waals surface area contributed by atoms with Crippen LogP contribution in [0.1, 0.15) is 16.1 Å². The first kappa shape index (κ1) is 16.0. The van der Waals surface area contributed by atoms with E-state index in [1.807, 2.05) is 60.4 Å². The highest BCUT2D eigenvalue weighted by atomic mass is 35.5. The number of hydrogen-bond donors (Lipinski definition) is 0. The molecule has 3 aromatic rings. The summed E-state index contributed by atoms with van der Waals surface area (Å²) in [7, 11) is 0. The van der Waals surface area contributed by atoms with Crippen molar-refractivity contribution in [1.82, 2.24) is 4.90 Å². The summed E-state index contributed by atoms with van der Waals surface area (Å²) in [6, 6.07) is 15.6. The van der Waals surface area contributed by atoms with E-state index < -0.39 is 0 Å². The minimum Gasteiger partial charge on any atom is -0.451 e. The Labute approximate surface area is 151 Å². The third-order valence-electron chi connectivity index (χ3n) is 4.78. The maximum atomic E-state index is 12.9. The Kier molecular flexibility index (Phi) is 4.14. The predicted octanol–water partition coefficient (Wildman–Crippen LogP) is 4.36. The van der Waals surface area contributed by atoms with E-state index in [2.05, 4.69) is 4.90 Å². The van der Waals surface area contributed by atoms with E-state index >= 15 is 0 Å². The number of anilines is 1. The van der Waals surface area contributed by atoms with Crippen molar-refractivity contribution >= 4 is 34.2 Å². The molecule has 0 radical (unpaired) electrons. The molecule has 0 N–H and O–H groups in total. The lowest BCUT2D eigenvalue weighted by atomic mass is 10.1. The number of carbonyl (C=O) groups is 1. The molecule has 2 heterocycles. The van der Waals surface area contributed by atoms with Gasteiger partial charge in [-0.25, -0.2) is 0 Å². The molecule has 1 aliphatic heterocycles. The molecule has 0 unspecified atom stereocenters. The Morgan fingerprint density at radius 1 is 1.04 bits per heavy atom. The van der Waals surface area contributed by atoms with Crippen LogP contribution in [0.5, 0.6) is 0 Å². The molecule has 128 valence electrons. The lowest BCUT2D eigenvalue weighted by Crippen LogP contribution is -2.48. The monoisotopic (exact) mass is 354 g/mol. The van der Waals surface area contributed by atoms with Crippen LogP contribution in [0, 0.1) is 6.92 Å². The summed E-state index contributed by atoms with van der Waals surface area (Å²) in [6.07, 6.45) is 0. The van der Waals surface area contributed by atoms with Gasteiger partial charge >= 0.3 is 0 Å². The summed E-state index contributed by atoms with van der Waals surface area (Å²) in [4.78, 5) is 17.0. The molecule has 4 nitrogen and oxygen atoms in total. The fourth-order valence-corrected chi connectivity index (χ4v) is 3.55. The normalized spacial score (nSPS) is 15.0. The molecule has 5 heteroatoms. The Balaban J connectivity index is 1.50. The molecule has 25 heavy (non-hydrogen) atoms. The Morgan fingerprint density at radius 2 is 1.80 bits per heavy atom. The standard InChI is InChI=1S/C20H19ClN2O2/c1-14-17-7-2-3-8-18(17)25-19(14)20(24)23-11-9-22(10-12-23)16-6-4-5-15(21)13-16/h2-8,13H,9-12H2,1H3. The largest absolute Gasteiger partial charge is 0.451 e. The van der Waals surface area contributed by atoms with E-state index in [9.17, 15) is 4.79 Å². The summed E-state index contributed by atoms with van der Waals surface area (Å²) >= 11 is 6.08. The number of aryl methyl sites for hydroxylation is 1. The first-order chi connectivity index (χ1) is 12.1. The van der Waals surface area contributed by atoms with Gasteiger partial charge in [-0.1, -0.05) is 35.9 Å². The lowest BCUT2D eigenvalue weighted by Gasteiger charge is -2.35. The van der Waals surface area contributed by atoms with Gasteiger partial charge < -0.3 is 14.2 Å². The minimum absolute atomic E-state index is 0.0283. The lowest BCUT2D eigenvalue weighted by molar-refractivity contribution is 0.0716. The molecule has 1 amide bonds. The molecule has 1 saturated heterocycles. The van der Waals surface area contributed by atoms with Crippen LogP contribution in [0.3, 0.4) is 0 Å². The average Bonchev–Trinajstić information content (AvgIpc) is 2.98. The molecule has 4 rings (SSSR count). The third kappa shape index (κ3) is 2.98. The summed E-state index contributed by atoms with van der Waals surface area (Å²) in [5.41, 5.74) is 2.78. The summed E-state index contributed by atoms with van der Waals surface area (Å²) in [5, 5.41) is 1.73. The highest BCUT2D eigenvalue weighted by Gasteiger charge is 2.26. The van der Waals surface area contributed by atoms with Gasteiger partial charge in [0.15, 0.2) is 5.76 Å². The van der Waals surface area contributed by atoms with Gasteiger partial charge in [0.2, 0.25) is 0 Å². The number of piperazine rings is 1. The van der Waals surface area contributed by atoms with Crippen molar-refractivity contribution in [1.29, 1.82) is 0 Å². The van der Waals surface area contributed by atoms with E-state index in [0.717, 1.165) is 40.3 Å². The molecule has 1 aliphatic rings. The zero-order chi connectivity index (χ0) is 17.4. The minimum atomic E-state index is -0.0283. The van der Waals surface area contributed by atoms with E-state index in [1.54, 1.807) is 0 Å². The number of fused-ring (bicyclic) bond motifs is 1. The van der Waals surface area contributed by atoms with E-state index in [4.69, 9.17) is 16.0 Å². The highest BCUT2D eigenvalue weighted by molar-refractivity contribution is 6.30. The highest BCUT2D eigenvalue weighted by Crippen LogP contribution is 2.27. The Bertz CT molecular complexity index is 926. The quantitative estimate of drug-likeness (QED) is 0.686. The zero-order valence-corrected chi connectivity index (χ0v) is 14.8.